The van der Waals surface area contributed by atoms with Crippen LogP contribution in [0.15, 0.2) is 11.6 Å². The summed E-state index contributed by atoms with van der Waals surface area (Å²) in [5.41, 5.74) is 2.39. The molecule has 3 saturated carbocycles. The Morgan fingerprint density at radius 3 is 2.48 bits per heavy atom. The van der Waals surface area contributed by atoms with Gasteiger partial charge >= 0.3 is 5.97 Å². The number of hydrogen-bond donors (Lipinski definition) is 0. The van der Waals surface area contributed by atoms with Crippen molar-refractivity contribution in [1.29, 1.82) is 0 Å². The van der Waals surface area contributed by atoms with Crippen LogP contribution in [0.3, 0.4) is 0 Å². The molecule has 0 aromatic carbocycles. The van der Waals surface area contributed by atoms with Crippen LogP contribution in [0.2, 0.25) is 18.1 Å². The first-order valence-electron chi connectivity index (χ1n) is 13.8. The van der Waals surface area contributed by atoms with Crippen LogP contribution in [-0.2, 0) is 14.0 Å². The normalized spacial score (nSPS) is 41.0. The van der Waals surface area contributed by atoms with Crippen LogP contribution in [-0.4, -0.2) is 27.0 Å². The number of allylic oxidation sites excluding steroid dienone is 1. The second-order valence-electron chi connectivity index (χ2n) is 13.8. The Balaban J connectivity index is 1.48. The van der Waals surface area contributed by atoms with E-state index >= 15 is 0 Å². The van der Waals surface area contributed by atoms with Crippen molar-refractivity contribution in [1.82, 2.24) is 0 Å². The summed E-state index contributed by atoms with van der Waals surface area (Å²) in [7, 11) is -1.73. The minimum absolute atomic E-state index is 0.0179. The molecule has 0 aromatic heterocycles. The molecular weight excluding hydrogens is 424 g/mol. The van der Waals surface area contributed by atoms with Gasteiger partial charge in [0.15, 0.2) is 8.32 Å². The van der Waals surface area contributed by atoms with E-state index in [9.17, 15) is 4.79 Å². The van der Waals surface area contributed by atoms with Gasteiger partial charge in [-0.3, -0.25) is 4.79 Å². The van der Waals surface area contributed by atoms with Crippen molar-refractivity contribution in [2.45, 2.75) is 124 Å². The highest BCUT2D eigenvalue weighted by Crippen LogP contribution is 2.66. The van der Waals surface area contributed by atoms with Gasteiger partial charge in [-0.15, -0.1) is 0 Å². The topological polar surface area (TPSA) is 35.5 Å². The van der Waals surface area contributed by atoms with Crippen molar-refractivity contribution < 1.29 is 14.0 Å². The Hall–Kier alpha value is -0.613. The number of carbonyl (C=O) groups excluding carboxylic acids is 1. The van der Waals surface area contributed by atoms with Crippen LogP contribution < -0.4 is 0 Å². The number of hydrogen-bond acceptors (Lipinski definition) is 3. The lowest BCUT2D eigenvalue weighted by atomic mass is 9.47. The lowest BCUT2D eigenvalue weighted by Crippen LogP contribution is -2.52. The molecule has 0 bridgehead atoms. The number of ether oxygens (including phenoxy) is 1. The zero-order valence-electron chi connectivity index (χ0n) is 22.8. The summed E-state index contributed by atoms with van der Waals surface area (Å²) >= 11 is 0. The predicted octanol–water partition coefficient (Wildman–Crippen LogP) is 7.91. The zero-order chi connectivity index (χ0) is 24.2. The van der Waals surface area contributed by atoms with Gasteiger partial charge in [0.1, 0.15) is 0 Å². The molecule has 0 N–H and O–H groups in total. The Bertz CT molecular complexity index is 780. The highest BCUT2D eigenvalue weighted by atomic mass is 28.4. The highest BCUT2D eigenvalue weighted by molar-refractivity contribution is 6.74. The molecule has 0 heterocycles. The lowest BCUT2D eigenvalue weighted by Gasteiger charge is -2.58. The van der Waals surface area contributed by atoms with Crippen LogP contribution in [0, 0.1) is 34.5 Å². The molecular formula is C29H50O3Si. The van der Waals surface area contributed by atoms with E-state index in [-0.39, 0.29) is 11.0 Å². The third-order valence-electron chi connectivity index (χ3n) is 11.2. The second kappa shape index (κ2) is 8.80. The van der Waals surface area contributed by atoms with Gasteiger partial charge in [0.05, 0.1) is 6.61 Å². The molecule has 0 aromatic rings. The monoisotopic (exact) mass is 474 g/mol. The molecule has 0 unspecified atom stereocenters. The van der Waals surface area contributed by atoms with Crippen LogP contribution in [0.5, 0.6) is 0 Å². The molecule has 7 atom stereocenters. The van der Waals surface area contributed by atoms with Gasteiger partial charge in [-0.25, -0.2) is 0 Å². The Labute approximate surface area is 204 Å². The van der Waals surface area contributed by atoms with Gasteiger partial charge in [0, 0.05) is 12.5 Å². The molecule has 0 spiro atoms. The molecule has 4 rings (SSSR count). The van der Waals surface area contributed by atoms with Crippen molar-refractivity contribution in [2.75, 3.05) is 6.61 Å². The summed E-state index contributed by atoms with van der Waals surface area (Å²) in [6.07, 6.45) is 13.7. The molecule has 3 nitrogen and oxygen atoms in total. The summed E-state index contributed by atoms with van der Waals surface area (Å²) in [4.78, 5) is 12.3. The third kappa shape index (κ3) is 4.41. The molecule has 0 radical (unpaired) electrons. The average Bonchev–Trinajstić information content (AvgIpc) is 3.03. The first kappa shape index (κ1) is 25.5. The van der Waals surface area contributed by atoms with Gasteiger partial charge in [0.25, 0.3) is 0 Å². The molecule has 4 aliphatic carbocycles. The van der Waals surface area contributed by atoms with Gasteiger partial charge in [0.2, 0.25) is 0 Å². The maximum atomic E-state index is 12.3. The van der Waals surface area contributed by atoms with E-state index < -0.39 is 8.32 Å². The summed E-state index contributed by atoms with van der Waals surface area (Å²) in [5.74, 6) is 2.90. The second-order valence-corrected chi connectivity index (χ2v) is 18.6. The lowest BCUT2D eigenvalue weighted by molar-refractivity contribution is -0.146. The smallest absolute Gasteiger partial charge is 0.306 e. The predicted molar refractivity (Wildman–Crippen MR) is 139 cm³/mol. The summed E-state index contributed by atoms with van der Waals surface area (Å²) in [6.45, 7) is 19.4. The molecule has 3 fully saturated rings. The molecule has 0 aliphatic heterocycles. The standard InChI is InChI=1S/C29H50O3Si/c1-9-31-26(30)19-21-11-13-24-23-12-10-20-18-22(32-33(7,8)27(2,3)4)14-16-28(20,5)25(23)15-17-29(21,24)6/h10,21-25H,9,11-19H2,1-8H3/t21-,22+,23+,24+,25+,28+,29-/m1/s1. The van der Waals surface area contributed by atoms with E-state index in [0.29, 0.717) is 35.9 Å². The van der Waals surface area contributed by atoms with E-state index in [2.05, 4.69) is 53.8 Å². The average molecular weight is 475 g/mol. The van der Waals surface area contributed by atoms with Crippen LogP contribution in [0.4, 0.5) is 0 Å². The number of esters is 1. The van der Waals surface area contributed by atoms with Crippen molar-refractivity contribution >= 4 is 14.3 Å². The number of carbonyl (C=O) groups is 1. The SMILES string of the molecule is CCOC(=O)C[C@H]1CC[C@H]2[C@@H]3CC=C4C[C@@H](O[Si](C)(C)C(C)(C)C)CC[C@]4(C)[C@H]3CC[C@]12C. The fourth-order valence-corrected chi connectivity index (χ4v) is 9.57. The zero-order valence-corrected chi connectivity index (χ0v) is 23.8. The van der Waals surface area contributed by atoms with Gasteiger partial charge in [-0.2, -0.15) is 0 Å². The van der Waals surface area contributed by atoms with Gasteiger partial charge < -0.3 is 9.16 Å². The highest BCUT2D eigenvalue weighted by Gasteiger charge is 2.59. The van der Waals surface area contributed by atoms with Crippen molar-refractivity contribution in [3.8, 4) is 0 Å². The fourth-order valence-electron chi connectivity index (χ4n) is 8.19. The molecule has 0 saturated heterocycles. The Morgan fingerprint density at radius 1 is 1.09 bits per heavy atom. The number of fused-ring (bicyclic) bond motifs is 5. The number of rotatable bonds is 5. The van der Waals surface area contributed by atoms with Gasteiger partial charge in [-0.1, -0.05) is 46.3 Å². The van der Waals surface area contributed by atoms with Crippen molar-refractivity contribution in [3.05, 3.63) is 11.6 Å². The quantitative estimate of drug-likeness (QED) is 0.231. The van der Waals surface area contributed by atoms with Crippen LogP contribution in [0.1, 0.15) is 99.3 Å². The minimum atomic E-state index is -1.73. The van der Waals surface area contributed by atoms with Crippen molar-refractivity contribution in [2.24, 2.45) is 34.5 Å². The van der Waals surface area contributed by atoms with E-state index in [1.54, 1.807) is 5.57 Å². The first-order valence-corrected chi connectivity index (χ1v) is 16.8. The maximum absolute atomic E-state index is 12.3. The van der Waals surface area contributed by atoms with Crippen LogP contribution in [0.25, 0.3) is 0 Å². The minimum Gasteiger partial charge on any atom is -0.466 e. The van der Waals surface area contributed by atoms with Crippen LogP contribution >= 0.6 is 0 Å². The third-order valence-corrected chi connectivity index (χ3v) is 15.8. The van der Waals surface area contributed by atoms with Gasteiger partial charge in [-0.05, 0) is 111 Å². The summed E-state index contributed by atoms with van der Waals surface area (Å²) < 4.78 is 12.2. The maximum Gasteiger partial charge on any atom is 0.306 e. The van der Waals surface area contributed by atoms with Crippen molar-refractivity contribution in [3.63, 3.8) is 0 Å². The molecule has 33 heavy (non-hydrogen) atoms. The van der Waals surface area contributed by atoms with E-state index in [4.69, 9.17) is 9.16 Å². The Kier molecular flexibility index (Phi) is 6.79. The van der Waals surface area contributed by atoms with E-state index in [0.717, 1.165) is 24.2 Å². The largest absolute Gasteiger partial charge is 0.466 e. The summed E-state index contributed by atoms with van der Waals surface area (Å²) in [5, 5.41) is 0.274. The van der Waals surface area contributed by atoms with E-state index in [1.807, 2.05) is 6.92 Å². The molecule has 4 heteroatoms. The molecule has 188 valence electrons. The summed E-state index contributed by atoms with van der Waals surface area (Å²) in [6, 6.07) is 0. The fraction of sp³-hybridized carbons (Fsp3) is 0.897. The molecule has 4 aliphatic rings. The Morgan fingerprint density at radius 2 is 1.82 bits per heavy atom. The van der Waals surface area contributed by atoms with E-state index in [1.165, 1.54) is 44.9 Å². The first-order chi connectivity index (χ1) is 15.3. The molecule has 0 amide bonds.